The van der Waals surface area contributed by atoms with E-state index < -0.39 is 0 Å². The van der Waals surface area contributed by atoms with Crippen molar-refractivity contribution in [3.63, 3.8) is 0 Å². The normalized spacial score (nSPS) is 15.3. The minimum Gasteiger partial charge on any atom is -0.350 e. The molecule has 0 atom stereocenters. The Kier molecular flexibility index (Phi) is 3.98. The van der Waals surface area contributed by atoms with Crippen LogP contribution in [0.1, 0.15) is 30.3 Å². The summed E-state index contributed by atoms with van der Waals surface area (Å²) in [7, 11) is 0. The lowest BCUT2D eigenvalue weighted by molar-refractivity contribution is 0.0943. The van der Waals surface area contributed by atoms with Gasteiger partial charge in [0.15, 0.2) is 0 Å². The number of amides is 1. The summed E-state index contributed by atoms with van der Waals surface area (Å²) in [6.07, 6.45) is 6.59. The van der Waals surface area contributed by atoms with Gasteiger partial charge in [-0.2, -0.15) is 0 Å². The minimum atomic E-state index is 0.0425. The summed E-state index contributed by atoms with van der Waals surface area (Å²) >= 11 is 5.18. The van der Waals surface area contributed by atoms with Gasteiger partial charge in [-0.3, -0.25) is 4.79 Å². The fourth-order valence-electron chi connectivity index (χ4n) is 2.26. The largest absolute Gasteiger partial charge is 0.350 e. The van der Waals surface area contributed by atoms with Gasteiger partial charge in [0, 0.05) is 13.1 Å². The predicted octanol–water partition coefficient (Wildman–Crippen LogP) is 4.18. The summed E-state index contributed by atoms with van der Waals surface area (Å²) in [6.45, 7) is 3.54. The minimum absolute atomic E-state index is 0.0425. The van der Waals surface area contributed by atoms with Crippen LogP contribution in [-0.4, -0.2) is 17.0 Å². The fourth-order valence-corrected chi connectivity index (χ4v) is 3.82. The van der Waals surface area contributed by atoms with Crippen molar-refractivity contribution in [1.29, 1.82) is 0 Å². The third-order valence-electron chi connectivity index (χ3n) is 3.56. The Morgan fingerprint density at radius 1 is 1.55 bits per heavy atom. The van der Waals surface area contributed by atoms with Crippen LogP contribution in [0.2, 0.25) is 0 Å². The summed E-state index contributed by atoms with van der Waals surface area (Å²) in [5.41, 5.74) is 1.88. The molecule has 0 saturated heterocycles. The number of nitrogens with zero attached hydrogens (tertiary/aromatic N) is 1. The van der Waals surface area contributed by atoms with E-state index in [0.717, 1.165) is 32.8 Å². The van der Waals surface area contributed by atoms with Crippen LogP contribution in [0, 0.1) is 5.92 Å². The third kappa shape index (κ3) is 2.83. The highest BCUT2D eigenvalue weighted by Gasteiger charge is 2.23. The third-order valence-corrected chi connectivity index (χ3v) is 5.14. The van der Waals surface area contributed by atoms with Crippen molar-refractivity contribution in [2.45, 2.75) is 26.3 Å². The van der Waals surface area contributed by atoms with Gasteiger partial charge in [0.05, 0.1) is 14.0 Å². The maximum absolute atomic E-state index is 12.4. The first-order valence-electron chi connectivity index (χ1n) is 6.87. The summed E-state index contributed by atoms with van der Waals surface area (Å²) in [6, 6.07) is 4.08. The van der Waals surface area contributed by atoms with Crippen LogP contribution in [0.3, 0.4) is 0 Å². The van der Waals surface area contributed by atoms with Gasteiger partial charge in [0.1, 0.15) is 5.69 Å². The zero-order chi connectivity index (χ0) is 14.1. The number of aromatic nitrogens is 1. The molecular weight excluding hydrogens is 336 g/mol. The summed E-state index contributed by atoms with van der Waals surface area (Å²) in [4.78, 5) is 12.4. The van der Waals surface area contributed by atoms with Crippen molar-refractivity contribution in [2.24, 2.45) is 5.92 Å². The molecule has 1 saturated carbocycles. The highest BCUT2D eigenvalue weighted by atomic mass is 79.9. The SMILES string of the molecule is C/C=C/Cn1c(C(=O)NCC2CC2)cc2sc(Br)cc21. The molecule has 1 amide bonds. The number of fused-ring (bicyclic) bond motifs is 1. The van der Waals surface area contributed by atoms with Gasteiger partial charge in [0.25, 0.3) is 5.91 Å². The van der Waals surface area contributed by atoms with Crippen molar-refractivity contribution in [2.75, 3.05) is 6.54 Å². The summed E-state index contributed by atoms with van der Waals surface area (Å²) in [5, 5.41) is 3.05. The maximum atomic E-state index is 12.4. The average molecular weight is 353 g/mol. The van der Waals surface area contributed by atoms with Crippen LogP contribution in [0.4, 0.5) is 0 Å². The number of carbonyl (C=O) groups excluding carboxylic acids is 1. The Bertz CT molecular complexity index is 667. The Balaban J connectivity index is 1.90. The number of thiophene rings is 1. The van der Waals surface area contributed by atoms with E-state index in [1.165, 1.54) is 12.8 Å². The smallest absolute Gasteiger partial charge is 0.267 e. The number of carbonyl (C=O) groups is 1. The molecule has 0 aliphatic heterocycles. The van der Waals surface area contributed by atoms with E-state index in [0.29, 0.717) is 5.92 Å². The molecule has 3 rings (SSSR count). The van der Waals surface area contributed by atoms with Gasteiger partial charge in [0.2, 0.25) is 0 Å². The molecule has 0 radical (unpaired) electrons. The Morgan fingerprint density at radius 2 is 2.35 bits per heavy atom. The molecule has 20 heavy (non-hydrogen) atoms. The molecule has 0 aromatic carbocycles. The highest BCUT2D eigenvalue weighted by molar-refractivity contribution is 9.11. The van der Waals surface area contributed by atoms with Gasteiger partial charge in [-0.15, -0.1) is 11.3 Å². The molecule has 3 nitrogen and oxygen atoms in total. The van der Waals surface area contributed by atoms with Gasteiger partial charge < -0.3 is 9.88 Å². The van der Waals surface area contributed by atoms with Crippen LogP contribution in [0.5, 0.6) is 0 Å². The first-order chi connectivity index (χ1) is 9.69. The number of halogens is 1. The van der Waals surface area contributed by atoms with Gasteiger partial charge in [-0.05, 0) is 53.7 Å². The zero-order valence-corrected chi connectivity index (χ0v) is 13.8. The molecular formula is C15H17BrN2OS. The second-order valence-electron chi connectivity index (χ2n) is 5.16. The van der Waals surface area contributed by atoms with Gasteiger partial charge in [-0.25, -0.2) is 0 Å². The molecule has 1 N–H and O–H groups in total. The molecule has 0 unspecified atom stereocenters. The van der Waals surface area contributed by atoms with E-state index in [9.17, 15) is 4.79 Å². The van der Waals surface area contributed by atoms with E-state index in [1.807, 2.05) is 19.1 Å². The maximum Gasteiger partial charge on any atom is 0.267 e. The van der Waals surface area contributed by atoms with Crippen molar-refractivity contribution >= 4 is 43.4 Å². The standard InChI is InChI=1S/C15H17BrN2OS/c1-2-3-6-18-11-8-14(16)20-13(11)7-12(18)15(19)17-9-10-4-5-10/h2-3,7-8,10H,4-6,9H2,1H3,(H,17,19)/b3-2+. The molecule has 2 aromatic heterocycles. The number of nitrogens with one attached hydrogen (secondary N) is 1. The van der Waals surface area contributed by atoms with E-state index >= 15 is 0 Å². The van der Waals surface area contributed by atoms with Crippen LogP contribution in [-0.2, 0) is 6.54 Å². The van der Waals surface area contributed by atoms with Crippen molar-refractivity contribution < 1.29 is 4.79 Å². The molecule has 2 heterocycles. The van der Waals surface area contributed by atoms with E-state index in [4.69, 9.17) is 0 Å². The summed E-state index contributed by atoms with van der Waals surface area (Å²) < 4.78 is 4.33. The first kappa shape index (κ1) is 13.9. The highest BCUT2D eigenvalue weighted by Crippen LogP contribution is 2.33. The predicted molar refractivity (Wildman–Crippen MR) is 87.4 cm³/mol. The molecule has 0 bridgehead atoms. The molecule has 106 valence electrons. The van der Waals surface area contributed by atoms with Crippen molar-refractivity contribution in [1.82, 2.24) is 9.88 Å². The molecule has 1 fully saturated rings. The van der Waals surface area contributed by atoms with E-state index in [2.05, 4.69) is 38.0 Å². The van der Waals surface area contributed by atoms with Crippen LogP contribution in [0.25, 0.3) is 10.2 Å². The fraction of sp³-hybridized carbons (Fsp3) is 0.400. The number of rotatable bonds is 5. The Morgan fingerprint density at radius 3 is 3.05 bits per heavy atom. The molecule has 1 aliphatic rings. The quantitative estimate of drug-likeness (QED) is 0.804. The molecule has 1 aliphatic carbocycles. The number of hydrogen-bond acceptors (Lipinski definition) is 2. The molecule has 2 aromatic rings. The van der Waals surface area contributed by atoms with E-state index in [1.54, 1.807) is 11.3 Å². The topological polar surface area (TPSA) is 34.0 Å². The number of hydrogen-bond donors (Lipinski definition) is 1. The van der Waals surface area contributed by atoms with E-state index in [-0.39, 0.29) is 5.91 Å². The monoisotopic (exact) mass is 352 g/mol. The van der Waals surface area contributed by atoms with Gasteiger partial charge >= 0.3 is 0 Å². The average Bonchev–Trinajstić information content (AvgIpc) is 3.10. The Labute approximate surface area is 130 Å². The zero-order valence-electron chi connectivity index (χ0n) is 11.4. The molecule has 0 spiro atoms. The van der Waals surface area contributed by atoms with Crippen LogP contribution < -0.4 is 5.32 Å². The first-order valence-corrected chi connectivity index (χ1v) is 8.48. The Hall–Kier alpha value is -1.07. The summed E-state index contributed by atoms with van der Waals surface area (Å²) in [5.74, 6) is 0.745. The van der Waals surface area contributed by atoms with Crippen LogP contribution in [0.15, 0.2) is 28.1 Å². The second kappa shape index (κ2) is 5.74. The van der Waals surface area contributed by atoms with Crippen molar-refractivity contribution in [3.8, 4) is 0 Å². The lowest BCUT2D eigenvalue weighted by Gasteiger charge is -2.08. The second-order valence-corrected chi connectivity index (χ2v) is 7.63. The van der Waals surface area contributed by atoms with Crippen molar-refractivity contribution in [3.05, 3.63) is 33.8 Å². The van der Waals surface area contributed by atoms with Gasteiger partial charge in [-0.1, -0.05) is 12.2 Å². The lowest BCUT2D eigenvalue weighted by Crippen LogP contribution is -2.27. The molecule has 5 heteroatoms. The number of allylic oxidation sites excluding steroid dienone is 2. The lowest BCUT2D eigenvalue weighted by atomic mass is 10.3. The van der Waals surface area contributed by atoms with Crippen LogP contribution >= 0.6 is 27.3 Å².